The quantitative estimate of drug-likeness (QED) is 0.938. The number of aliphatic hydroxyl groups excluding tert-OH is 1. The Labute approximate surface area is 129 Å². The lowest BCUT2D eigenvalue weighted by molar-refractivity contribution is 0.105. The number of fused-ring (bicyclic) bond motifs is 1. The van der Waals surface area contributed by atoms with Crippen LogP contribution in [0, 0.1) is 11.3 Å². The normalized spacial score (nSPS) is 16.1. The summed E-state index contributed by atoms with van der Waals surface area (Å²) in [6, 6.07) is 13.2. The molecular formula is C18H17NO3. The molecule has 0 unspecified atom stereocenters. The van der Waals surface area contributed by atoms with Gasteiger partial charge in [0.2, 0.25) is 0 Å². The number of nitriles is 1. The van der Waals surface area contributed by atoms with Crippen LogP contribution in [0.2, 0.25) is 0 Å². The van der Waals surface area contributed by atoms with E-state index in [4.69, 9.17) is 14.7 Å². The molecule has 1 aliphatic rings. The van der Waals surface area contributed by atoms with E-state index < -0.39 is 0 Å². The third kappa shape index (κ3) is 2.57. The smallest absolute Gasteiger partial charge is 0.130 e. The average Bonchev–Trinajstić information content (AvgIpc) is 2.99. The lowest BCUT2D eigenvalue weighted by Crippen LogP contribution is -1.96. The first-order chi connectivity index (χ1) is 10.8. The van der Waals surface area contributed by atoms with Crippen molar-refractivity contribution in [3.63, 3.8) is 0 Å². The number of hydrogen-bond donors (Lipinski definition) is 1. The van der Waals surface area contributed by atoms with Crippen LogP contribution < -0.4 is 4.74 Å². The van der Waals surface area contributed by atoms with E-state index in [0.29, 0.717) is 16.9 Å². The summed E-state index contributed by atoms with van der Waals surface area (Å²) in [6.45, 7) is -0.182. The molecule has 22 heavy (non-hydrogen) atoms. The molecule has 0 aliphatic heterocycles. The van der Waals surface area contributed by atoms with Crippen molar-refractivity contribution in [2.45, 2.75) is 25.6 Å². The van der Waals surface area contributed by atoms with Gasteiger partial charge in [-0.15, -0.1) is 0 Å². The van der Waals surface area contributed by atoms with Crippen LogP contribution in [0.3, 0.4) is 0 Å². The molecule has 0 bridgehead atoms. The highest BCUT2D eigenvalue weighted by molar-refractivity contribution is 5.48. The van der Waals surface area contributed by atoms with Crippen molar-refractivity contribution in [3.8, 4) is 17.6 Å². The van der Waals surface area contributed by atoms with Gasteiger partial charge in [-0.05, 0) is 48.2 Å². The molecule has 2 aromatic rings. The van der Waals surface area contributed by atoms with Gasteiger partial charge in [0.15, 0.2) is 0 Å². The van der Waals surface area contributed by atoms with Gasteiger partial charge in [0.1, 0.15) is 11.5 Å². The standard InChI is InChI=1S/C18H17NO3/c1-21-17-8-7-16-15(17)3-2-4-18(16)22-14-6-5-12(10-19)13(9-14)11-20/h2-6,9,17,20H,7-8,11H2,1H3/t17-/m1/s1. The van der Waals surface area contributed by atoms with Gasteiger partial charge in [-0.1, -0.05) is 12.1 Å². The van der Waals surface area contributed by atoms with Crippen LogP contribution in [0.4, 0.5) is 0 Å². The van der Waals surface area contributed by atoms with E-state index >= 15 is 0 Å². The molecule has 2 aromatic carbocycles. The molecule has 1 N–H and O–H groups in total. The molecule has 0 radical (unpaired) electrons. The van der Waals surface area contributed by atoms with E-state index in [-0.39, 0.29) is 12.7 Å². The van der Waals surface area contributed by atoms with Crippen molar-refractivity contribution in [3.05, 3.63) is 58.7 Å². The molecule has 0 aromatic heterocycles. The summed E-state index contributed by atoms with van der Waals surface area (Å²) in [4.78, 5) is 0. The number of rotatable bonds is 4. The van der Waals surface area contributed by atoms with E-state index in [1.807, 2.05) is 12.1 Å². The third-order valence-electron chi connectivity index (χ3n) is 4.05. The van der Waals surface area contributed by atoms with Crippen molar-refractivity contribution in [2.75, 3.05) is 7.11 Å². The van der Waals surface area contributed by atoms with Gasteiger partial charge in [-0.2, -0.15) is 5.26 Å². The second kappa shape index (κ2) is 6.18. The van der Waals surface area contributed by atoms with Crippen molar-refractivity contribution >= 4 is 0 Å². The highest BCUT2D eigenvalue weighted by Crippen LogP contribution is 2.40. The minimum Gasteiger partial charge on any atom is -0.457 e. The second-order valence-electron chi connectivity index (χ2n) is 5.28. The van der Waals surface area contributed by atoms with Gasteiger partial charge >= 0.3 is 0 Å². The van der Waals surface area contributed by atoms with Crippen molar-refractivity contribution in [1.29, 1.82) is 5.26 Å². The van der Waals surface area contributed by atoms with E-state index in [2.05, 4.69) is 12.1 Å². The predicted octanol–water partition coefficient (Wildman–Crippen LogP) is 3.48. The topological polar surface area (TPSA) is 62.5 Å². The number of nitrogens with zero attached hydrogens (tertiary/aromatic N) is 1. The fraction of sp³-hybridized carbons (Fsp3) is 0.278. The summed E-state index contributed by atoms with van der Waals surface area (Å²) in [5.41, 5.74) is 3.38. The van der Waals surface area contributed by atoms with Crippen LogP contribution in [-0.4, -0.2) is 12.2 Å². The highest BCUT2D eigenvalue weighted by Gasteiger charge is 2.25. The van der Waals surface area contributed by atoms with Gasteiger partial charge in [-0.25, -0.2) is 0 Å². The zero-order valence-electron chi connectivity index (χ0n) is 12.4. The summed E-state index contributed by atoms with van der Waals surface area (Å²) in [6.07, 6.45) is 2.02. The molecule has 3 rings (SSSR count). The SMILES string of the molecule is CO[C@@H]1CCc2c(Oc3ccc(C#N)c(CO)c3)cccc21. The summed E-state index contributed by atoms with van der Waals surface area (Å²) in [5, 5.41) is 18.3. The molecule has 112 valence electrons. The molecule has 4 heteroatoms. The van der Waals surface area contributed by atoms with Crippen LogP contribution in [0.1, 0.15) is 34.8 Å². The van der Waals surface area contributed by atoms with Crippen molar-refractivity contribution < 1.29 is 14.6 Å². The zero-order valence-corrected chi connectivity index (χ0v) is 12.4. The fourth-order valence-corrected chi connectivity index (χ4v) is 2.92. The molecule has 1 aliphatic carbocycles. The Balaban J connectivity index is 1.92. The molecule has 1 atom stereocenters. The average molecular weight is 295 g/mol. The summed E-state index contributed by atoms with van der Waals surface area (Å²) in [7, 11) is 1.72. The maximum absolute atomic E-state index is 9.34. The van der Waals surface area contributed by atoms with E-state index in [9.17, 15) is 5.11 Å². The largest absolute Gasteiger partial charge is 0.457 e. The molecule has 0 spiro atoms. The minimum atomic E-state index is -0.182. The molecule has 4 nitrogen and oxygen atoms in total. The lowest BCUT2D eigenvalue weighted by atomic mass is 10.1. The zero-order chi connectivity index (χ0) is 15.5. The number of benzene rings is 2. The number of ether oxygens (including phenoxy) is 2. The maximum Gasteiger partial charge on any atom is 0.130 e. The van der Waals surface area contributed by atoms with Crippen molar-refractivity contribution in [2.24, 2.45) is 0 Å². The maximum atomic E-state index is 9.34. The van der Waals surface area contributed by atoms with E-state index in [1.54, 1.807) is 25.3 Å². The minimum absolute atomic E-state index is 0.132. The summed E-state index contributed by atoms with van der Waals surface area (Å²) < 4.78 is 11.5. The second-order valence-corrected chi connectivity index (χ2v) is 5.28. The molecule has 0 amide bonds. The van der Waals surface area contributed by atoms with Gasteiger partial charge in [-0.3, -0.25) is 0 Å². The Morgan fingerprint density at radius 2 is 2.18 bits per heavy atom. The Kier molecular flexibility index (Phi) is 4.10. The third-order valence-corrected chi connectivity index (χ3v) is 4.05. The monoisotopic (exact) mass is 295 g/mol. The first-order valence-corrected chi connectivity index (χ1v) is 7.23. The van der Waals surface area contributed by atoms with Gasteiger partial charge in [0.25, 0.3) is 0 Å². The first-order valence-electron chi connectivity index (χ1n) is 7.23. The molecule has 0 heterocycles. The number of methoxy groups -OCH3 is 1. The van der Waals surface area contributed by atoms with Crippen LogP contribution in [-0.2, 0) is 17.8 Å². The van der Waals surface area contributed by atoms with E-state index in [0.717, 1.165) is 18.6 Å². The van der Waals surface area contributed by atoms with Gasteiger partial charge in [0.05, 0.1) is 24.3 Å². The van der Waals surface area contributed by atoms with Crippen LogP contribution in [0.5, 0.6) is 11.5 Å². The van der Waals surface area contributed by atoms with E-state index in [1.165, 1.54) is 11.1 Å². The Bertz CT molecular complexity index is 734. The predicted molar refractivity (Wildman–Crippen MR) is 81.7 cm³/mol. The van der Waals surface area contributed by atoms with Crippen LogP contribution in [0.25, 0.3) is 0 Å². The Hall–Kier alpha value is -2.35. The van der Waals surface area contributed by atoms with Gasteiger partial charge in [0, 0.05) is 12.7 Å². The number of hydrogen-bond acceptors (Lipinski definition) is 4. The van der Waals surface area contributed by atoms with Crippen molar-refractivity contribution in [1.82, 2.24) is 0 Å². The molecule has 0 fully saturated rings. The van der Waals surface area contributed by atoms with Gasteiger partial charge < -0.3 is 14.6 Å². The Morgan fingerprint density at radius 3 is 2.91 bits per heavy atom. The molecular weight excluding hydrogens is 278 g/mol. The van der Waals surface area contributed by atoms with Crippen LogP contribution >= 0.6 is 0 Å². The first kappa shape index (κ1) is 14.6. The summed E-state index contributed by atoms with van der Waals surface area (Å²) >= 11 is 0. The lowest BCUT2D eigenvalue weighted by Gasteiger charge is -2.13. The molecule has 0 saturated carbocycles. The highest BCUT2D eigenvalue weighted by atomic mass is 16.5. The Morgan fingerprint density at radius 1 is 1.32 bits per heavy atom. The van der Waals surface area contributed by atoms with Crippen LogP contribution in [0.15, 0.2) is 36.4 Å². The number of aliphatic hydroxyl groups is 1. The molecule has 0 saturated heterocycles. The summed E-state index contributed by atoms with van der Waals surface area (Å²) in [5.74, 6) is 1.43. The fourth-order valence-electron chi connectivity index (χ4n) is 2.92.